The lowest BCUT2D eigenvalue weighted by atomic mass is 10.1. The van der Waals surface area contributed by atoms with E-state index >= 15 is 0 Å². The molecule has 0 unspecified atom stereocenters. The molecule has 1 saturated heterocycles. The van der Waals surface area contributed by atoms with Crippen LogP contribution in [0.4, 0.5) is 0 Å². The third kappa shape index (κ3) is 5.03. The van der Waals surface area contributed by atoms with Crippen LogP contribution in [0.25, 0.3) is 0 Å². The van der Waals surface area contributed by atoms with Crippen molar-refractivity contribution >= 4 is 5.91 Å². The summed E-state index contributed by atoms with van der Waals surface area (Å²) in [6.45, 7) is 7.25. The number of ether oxygens (including phenoxy) is 1. The average Bonchev–Trinajstić information content (AvgIpc) is 3.26. The Hall–Kier alpha value is -2.11. The summed E-state index contributed by atoms with van der Waals surface area (Å²) >= 11 is 0. The molecule has 28 heavy (non-hydrogen) atoms. The Bertz CT molecular complexity index is 795. The summed E-state index contributed by atoms with van der Waals surface area (Å²) in [5, 5.41) is 3.07. The van der Waals surface area contributed by atoms with Crippen LogP contribution in [0.1, 0.15) is 48.3 Å². The second kappa shape index (κ2) is 8.93. The molecule has 5 heteroatoms. The number of hydrogen-bond donors (Lipinski definition) is 1. The van der Waals surface area contributed by atoms with Crippen molar-refractivity contribution in [2.75, 3.05) is 26.3 Å². The van der Waals surface area contributed by atoms with Crippen molar-refractivity contribution in [3.05, 3.63) is 59.0 Å². The number of nitrogens with zero attached hydrogens (tertiary/aromatic N) is 1. The van der Waals surface area contributed by atoms with E-state index in [-0.39, 0.29) is 5.91 Å². The summed E-state index contributed by atoms with van der Waals surface area (Å²) in [5.74, 6) is 3.39. The van der Waals surface area contributed by atoms with E-state index in [1.165, 1.54) is 17.5 Å². The molecule has 1 aromatic carbocycles. The third-order valence-corrected chi connectivity index (χ3v) is 5.85. The van der Waals surface area contributed by atoms with Gasteiger partial charge in [0.05, 0.1) is 13.2 Å². The highest BCUT2D eigenvalue weighted by molar-refractivity contribution is 5.76. The molecule has 4 rings (SSSR count). The molecular formula is C23H30N2O3. The molecule has 2 fully saturated rings. The number of carbonyl (C=O) groups is 1. The molecule has 0 radical (unpaired) electrons. The van der Waals surface area contributed by atoms with E-state index < -0.39 is 0 Å². The molecule has 1 aliphatic carbocycles. The van der Waals surface area contributed by atoms with E-state index in [2.05, 4.69) is 41.4 Å². The first-order valence-electron chi connectivity index (χ1n) is 10.4. The van der Waals surface area contributed by atoms with E-state index in [4.69, 9.17) is 9.15 Å². The van der Waals surface area contributed by atoms with Gasteiger partial charge in [0.25, 0.3) is 0 Å². The van der Waals surface area contributed by atoms with E-state index in [9.17, 15) is 4.79 Å². The fourth-order valence-corrected chi connectivity index (χ4v) is 3.85. The average molecular weight is 383 g/mol. The Labute approximate surface area is 167 Å². The molecule has 2 aliphatic rings. The van der Waals surface area contributed by atoms with E-state index in [1.807, 2.05) is 12.1 Å². The van der Waals surface area contributed by atoms with Gasteiger partial charge in [-0.15, -0.1) is 0 Å². The van der Waals surface area contributed by atoms with Crippen molar-refractivity contribution in [1.82, 2.24) is 10.2 Å². The summed E-state index contributed by atoms with van der Waals surface area (Å²) in [6, 6.07) is 12.4. The van der Waals surface area contributed by atoms with Gasteiger partial charge in [-0.25, -0.2) is 0 Å². The van der Waals surface area contributed by atoms with Crippen LogP contribution in [-0.2, 0) is 29.0 Å². The molecule has 150 valence electrons. The maximum atomic E-state index is 12.3. The van der Waals surface area contributed by atoms with Gasteiger partial charge in [0.2, 0.25) is 5.91 Å². The summed E-state index contributed by atoms with van der Waals surface area (Å²) in [5.41, 5.74) is 2.46. The lowest BCUT2D eigenvalue weighted by Gasteiger charge is -2.27. The van der Waals surface area contributed by atoms with Gasteiger partial charge >= 0.3 is 0 Å². The highest BCUT2D eigenvalue weighted by Crippen LogP contribution is 2.47. The van der Waals surface area contributed by atoms with Crippen LogP contribution < -0.4 is 5.32 Å². The first-order chi connectivity index (χ1) is 13.7. The number of hydrogen-bond acceptors (Lipinski definition) is 4. The highest BCUT2D eigenvalue weighted by atomic mass is 16.5. The fraction of sp³-hybridized carbons (Fsp3) is 0.522. The van der Waals surface area contributed by atoms with Gasteiger partial charge in [-0.1, -0.05) is 31.2 Å². The van der Waals surface area contributed by atoms with E-state index in [0.717, 1.165) is 50.3 Å². The SMILES string of the molecule is C[C@H]1C[C@H]1c1ccc(CCC(=O)NCc2ccccc2CN2CCOCC2)o1. The number of amides is 1. The zero-order valence-corrected chi connectivity index (χ0v) is 16.7. The monoisotopic (exact) mass is 382 g/mol. The van der Waals surface area contributed by atoms with Crippen molar-refractivity contribution < 1.29 is 13.9 Å². The minimum atomic E-state index is 0.0684. The van der Waals surface area contributed by atoms with Crippen LogP contribution in [0.15, 0.2) is 40.8 Å². The summed E-state index contributed by atoms with van der Waals surface area (Å²) in [4.78, 5) is 14.7. The van der Waals surface area contributed by atoms with Gasteiger partial charge in [-0.05, 0) is 35.6 Å². The topological polar surface area (TPSA) is 54.7 Å². The lowest BCUT2D eigenvalue weighted by molar-refractivity contribution is -0.121. The molecule has 5 nitrogen and oxygen atoms in total. The Balaban J connectivity index is 1.24. The maximum Gasteiger partial charge on any atom is 0.220 e. The third-order valence-electron chi connectivity index (χ3n) is 5.85. The van der Waals surface area contributed by atoms with Crippen molar-refractivity contribution in [2.45, 2.75) is 45.2 Å². The summed E-state index contributed by atoms with van der Waals surface area (Å²) in [6.07, 6.45) is 2.33. The number of rotatable bonds is 8. The number of furan rings is 1. The van der Waals surface area contributed by atoms with Crippen molar-refractivity contribution in [1.29, 1.82) is 0 Å². The second-order valence-corrected chi connectivity index (χ2v) is 8.06. The minimum Gasteiger partial charge on any atom is -0.466 e. The molecule has 1 aliphatic heterocycles. The summed E-state index contributed by atoms with van der Waals surface area (Å²) < 4.78 is 11.3. The van der Waals surface area contributed by atoms with Crippen LogP contribution in [0.3, 0.4) is 0 Å². The molecule has 0 bridgehead atoms. The molecule has 0 spiro atoms. The summed E-state index contributed by atoms with van der Waals surface area (Å²) in [7, 11) is 0. The highest BCUT2D eigenvalue weighted by Gasteiger charge is 2.36. The largest absolute Gasteiger partial charge is 0.466 e. The number of aryl methyl sites for hydroxylation is 1. The van der Waals surface area contributed by atoms with Crippen molar-refractivity contribution in [2.24, 2.45) is 5.92 Å². The Morgan fingerprint density at radius 3 is 2.64 bits per heavy atom. The van der Waals surface area contributed by atoms with Crippen LogP contribution in [0, 0.1) is 5.92 Å². The number of benzene rings is 1. The molecule has 2 aromatic rings. The zero-order valence-electron chi connectivity index (χ0n) is 16.7. The Kier molecular flexibility index (Phi) is 6.13. The van der Waals surface area contributed by atoms with Crippen LogP contribution in [0.5, 0.6) is 0 Å². The maximum absolute atomic E-state index is 12.3. The molecule has 1 amide bonds. The molecule has 1 N–H and O–H groups in total. The predicted molar refractivity (Wildman–Crippen MR) is 108 cm³/mol. The fourth-order valence-electron chi connectivity index (χ4n) is 3.85. The smallest absolute Gasteiger partial charge is 0.220 e. The van der Waals surface area contributed by atoms with Crippen molar-refractivity contribution in [3.63, 3.8) is 0 Å². The molecule has 2 atom stereocenters. The van der Waals surface area contributed by atoms with Crippen LogP contribution in [-0.4, -0.2) is 37.1 Å². The second-order valence-electron chi connectivity index (χ2n) is 8.06. The predicted octanol–water partition coefficient (Wildman–Crippen LogP) is 3.48. The number of nitrogens with one attached hydrogen (secondary N) is 1. The van der Waals surface area contributed by atoms with Gasteiger partial charge in [0.1, 0.15) is 11.5 Å². The van der Waals surface area contributed by atoms with Crippen LogP contribution in [0.2, 0.25) is 0 Å². The Morgan fingerprint density at radius 1 is 1.14 bits per heavy atom. The van der Waals surface area contributed by atoms with Gasteiger partial charge in [-0.2, -0.15) is 0 Å². The van der Waals surface area contributed by atoms with E-state index in [0.29, 0.717) is 25.3 Å². The van der Waals surface area contributed by atoms with Gasteiger partial charge in [0, 0.05) is 44.9 Å². The number of carbonyl (C=O) groups excluding carboxylic acids is 1. The number of morpholine rings is 1. The normalized spacial score (nSPS) is 22.2. The van der Waals surface area contributed by atoms with Crippen LogP contribution >= 0.6 is 0 Å². The first-order valence-corrected chi connectivity index (χ1v) is 10.4. The zero-order chi connectivity index (χ0) is 19.3. The van der Waals surface area contributed by atoms with E-state index in [1.54, 1.807) is 0 Å². The quantitative estimate of drug-likeness (QED) is 0.759. The van der Waals surface area contributed by atoms with Gasteiger partial charge < -0.3 is 14.5 Å². The standard InChI is InChI=1S/C23H30N2O3/c1-17-14-21(17)22-8-6-20(28-22)7-9-23(26)24-15-18-4-2-3-5-19(18)16-25-10-12-27-13-11-25/h2-6,8,17,21H,7,9-16H2,1H3,(H,24,26)/t17-,21+/m0/s1. The first kappa shape index (κ1) is 19.2. The van der Waals surface area contributed by atoms with Gasteiger partial charge in [-0.3, -0.25) is 9.69 Å². The Morgan fingerprint density at radius 2 is 1.89 bits per heavy atom. The molecular weight excluding hydrogens is 352 g/mol. The van der Waals surface area contributed by atoms with Gasteiger partial charge in [0.15, 0.2) is 0 Å². The van der Waals surface area contributed by atoms with Crippen molar-refractivity contribution in [3.8, 4) is 0 Å². The lowest BCUT2D eigenvalue weighted by Crippen LogP contribution is -2.36. The molecule has 1 saturated carbocycles. The molecule has 1 aromatic heterocycles. The molecule has 2 heterocycles. The minimum absolute atomic E-state index is 0.0684.